The minimum atomic E-state index is 0.435. The summed E-state index contributed by atoms with van der Waals surface area (Å²) in [7, 11) is 0. The molecule has 0 fully saturated rings. The highest BCUT2D eigenvalue weighted by molar-refractivity contribution is 5.24. The Balaban J connectivity index is 2.95. The second-order valence-corrected chi connectivity index (χ2v) is 2.37. The molecule has 0 unspecified atom stereocenters. The van der Waals surface area contributed by atoms with Gasteiger partial charge in [-0.15, -0.1) is 0 Å². The van der Waals surface area contributed by atoms with E-state index >= 15 is 0 Å². The maximum atomic E-state index is 8.59. The second kappa shape index (κ2) is 3.20. The fourth-order valence-corrected chi connectivity index (χ4v) is 0.953. The molecule has 3 nitrogen and oxygen atoms in total. The summed E-state index contributed by atoms with van der Waals surface area (Å²) in [6.07, 6.45) is 1.77. The van der Waals surface area contributed by atoms with E-state index in [4.69, 9.17) is 9.68 Å². The molecule has 0 radical (unpaired) electrons. The summed E-state index contributed by atoms with van der Waals surface area (Å²) in [6.45, 7) is 3.79. The molecule has 0 bridgehead atoms. The summed E-state index contributed by atoms with van der Waals surface area (Å²) in [6, 6.07) is 2.00. The van der Waals surface area contributed by atoms with E-state index in [0.29, 0.717) is 17.3 Å². The lowest BCUT2D eigenvalue weighted by Gasteiger charge is -1.88. The topological polar surface area (TPSA) is 49.8 Å². The molecule has 0 N–H and O–H groups in total. The van der Waals surface area contributed by atoms with Gasteiger partial charge < -0.3 is 4.42 Å². The van der Waals surface area contributed by atoms with Crippen molar-refractivity contribution in [3.05, 3.63) is 17.3 Å². The predicted octanol–water partition coefficient (Wildman–Crippen LogP) is 1.81. The maximum absolute atomic E-state index is 8.59. The van der Waals surface area contributed by atoms with Gasteiger partial charge in [0.05, 0.1) is 0 Å². The first-order chi connectivity index (χ1) is 5.27. The fourth-order valence-electron chi connectivity index (χ4n) is 0.953. The van der Waals surface area contributed by atoms with Gasteiger partial charge in [-0.25, -0.2) is 4.98 Å². The molecule has 0 saturated heterocycles. The molecule has 0 spiro atoms. The van der Waals surface area contributed by atoms with Crippen LogP contribution in [0.4, 0.5) is 0 Å². The summed E-state index contributed by atoms with van der Waals surface area (Å²) >= 11 is 0. The third-order valence-corrected chi connectivity index (χ3v) is 1.39. The molecular formula is C8H10N2O. The zero-order valence-electron chi connectivity index (χ0n) is 6.72. The van der Waals surface area contributed by atoms with Crippen LogP contribution in [0.3, 0.4) is 0 Å². The van der Waals surface area contributed by atoms with E-state index in [2.05, 4.69) is 4.98 Å². The molecule has 0 aliphatic heterocycles. The van der Waals surface area contributed by atoms with Crippen LogP contribution < -0.4 is 0 Å². The second-order valence-electron chi connectivity index (χ2n) is 2.37. The smallest absolute Gasteiger partial charge is 0.192 e. The van der Waals surface area contributed by atoms with Gasteiger partial charge in [0.2, 0.25) is 0 Å². The largest absolute Gasteiger partial charge is 0.445 e. The molecule has 1 rings (SSSR count). The monoisotopic (exact) mass is 150 g/mol. The zero-order valence-corrected chi connectivity index (χ0v) is 6.72. The Kier molecular flexibility index (Phi) is 2.27. The van der Waals surface area contributed by atoms with Crippen LogP contribution in [0.25, 0.3) is 0 Å². The van der Waals surface area contributed by atoms with Gasteiger partial charge in [-0.3, -0.25) is 0 Å². The lowest BCUT2D eigenvalue weighted by Crippen LogP contribution is -1.83. The van der Waals surface area contributed by atoms with Crippen molar-refractivity contribution in [1.29, 1.82) is 5.26 Å². The number of hydrogen-bond acceptors (Lipinski definition) is 3. The first kappa shape index (κ1) is 7.80. The number of aromatic nitrogens is 1. The van der Waals surface area contributed by atoms with E-state index in [9.17, 15) is 0 Å². The molecule has 0 amide bonds. The van der Waals surface area contributed by atoms with Gasteiger partial charge in [-0.2, -0.15) is 5.26 Å². The van der Waals surface area contributed by atoms with Crippen LogP contribution in [0.5, 0.6) is 0 Å². The molecule has 0 aromatic carbocycles. The predicted molar refractivity (Wildman–Crippen MR) is 40.0 cm³/mol. The van der Waals surface area contributed by atoms with E-state index in [-0.39, 0.29) is 0 Å². The number of nitriles is 1. The van der Waals surface area contributed by atoms with Crippen molar-refractivity contribution >= 4 is 0 Å². The highest BCUT2D eigenvalue weighted by atomic mass is 16.4. The fraction of sp³-hybridized carbons (Fsp3) is 0.500. The number of nitrogens with zero attached hydrogens (tertiary/aromatic N) is 2. The van der Waals surface area contributed by atoms with Crippen LogP contribution in [-0.2, 0) is 6.42 Å². The molecule has 1 aromatic heterocycles. The van der Waals surface area contributed by atoms with Gasteiger partial charge in [0.1, 0.15) is 11.8 Å². The SMILES string of the molecule is CCCc1oc(C)nc1C#N. The lowest BCUT2D eigenvalue weighted by molar-refractivity contribution is 0.472. The van der Waals surface area contributed by atoms with Gasteiger partial charge in [0.25, 0.3) is 0 Å². The third-order valence-electron chi connectivity index (χ3n) is 1.39. The summed E-state index contributed by atoms with van der Waals surface area (Å²) in [5, 5.41) is 8.59. The summed E-state index contributed by atoms with van der Waals surface area (Å²) in [4.78, 5) is 3.92. The van der Waals surface area contributed by atoms with Crippen molar-refractivity contribution in [3.63, 3.8) is 0 Å². The summed E-state index contributed by atoms with van der Waals surface area (Å²) < 4.78 is 5.21. The van der Waals surface area contributed by atoms with Gasteiger partial charge in [0.15, 0.2) is 11.6 Å². The van der Waals surface area contributed by atoms with Crippen LogP contribution in [0.15, 0.2) is 4.42 Å². The van der Waals surface area contributed by atoms with Gasteiger partial charge in [-0.1, -0.05) is 6.92 Å². The van der Waals surface area contributed by atoms with E-state index in [0.717, 1.165) is 12.8 Å². The molecular weight excluding hydrogens is 140 g/mol. The Morgan fingerprint density at radius 1 is 1.64 bits per heavy atom. The van der Waals surface area contributed by atoms with Crippen molar-refractivity contribution in [3.8, 4) is 6.07 Å². The molecule has 1 aromatic rings. The highest BCUT2D eigenvalue weighted by Gasteiger charge is 2.07. The minimum absolute atomic E-state index is 0.435. The van der Waals surface area contributed by atoms with Crippen LogP contribution in [0.1, 0.15) is 30.7 Å². The van der Waals surface area contributed by atoms with Crippen molar-refractivity contribution in [2.45, 2.75) is 26.7 Å². The lowest BCUT2D eigenvalue weighted by atomic mass is 10.2. The van der Waals surface area contributed by atoms with E-state index in [1.165, 1.54) is 0 Å². The van der Waals surface area contributed by atoms with Crippen molar-refractivity contribution in [2.24, 2.45) is 0 Å². The number of hydrogen-bond donors (Lipinski definition) is 0. The Morgan fingerprint density at radius 3 is 2.91 bits per heavy atom. The van der Waals surface area contributed by atoms with Crippen LogP contribution in [0, 0.1) is 18.3 Å². The van der Waals surface area contributed by atoms with E-state index in [1.54, 1.807) is 6.92 Å². The normalized spacial score (nSPS) is 9.55. The first-order valence-corrected chi connectivity index (χ1v) is 3.64. The third kappa shape index (κ3) is 1.58. The minimum Gasteiger partial charge on any atom is -0.445 e. The Labute approximate surface area is 65.7 Å². The number of rotatable bonds is 2. The standard InChI is InChI=1S/C8H10N2O/c1-3-4-8-7(5-9)10-6(2)11-8/h3-4H2,1-2H3. The van der Waals surface area contributed by atoms with Gasteiger partial charge >= 0.3 is 0 Å². The molecule has 0 atom stereocenters. The van der Waals surface area contributed by atoms with Crippen LogP contribution in [-0.4, -0.2) is 4.98 Å². The van der Waals surface area contributed by atoms with Crippen molar-refractivity contribution in [1.82, 2.24) is 4.98 Å². The quantitative estimate of drug-likeness (QED) is 0.646. The molecule has 0 aliphatic rings. The first-order valence-electron chi connectivity index (χ1n) is 3.64. The van der Waals surface area contributed by atoms with Crippen molar-refractivity contribution in [2.75, 3.05) is 0 Å². The molecule has 0 saturated carbocycles. The molecule has 11 heavy (non-hydrogen) atoms. The summed E-state index contributed by atoms with van der Waals surface area (Å²) in [5.74, 6) is 1.29. The maximum Gasteiger partial charge on any atom is 0.192 e. The molecule has 3 heteroatoms. The van der Waals surface area contributed by atoms with Gasteiger partial charge in [0, 0.05) is 13.3 Å². The van der Waals surface area contributed by atoms with Gasteiger partial charge in [-0.05, 0) is 6.42 Å². The number of aryl methyl sites for hydroxylation is 2. The number of oxazole rings is 1. The Morgan fingerprint density at radius 2 is 2.36 bits per heavy atom. The average molecular weight is 150 g/mol. The van der Waals surface area contributed by atoms with Crippen LogP contribution in [0.2, 0.25) is 0 Å². The van der Waals surface area contributed by atoms with Crippen LogP contribution >= 0.6 is 0 Å². The van der Waals surface area contributed by atoms with Crippen molar-refractivity contribution < 1.29 is 4.42 Å². The molecule has 1 heterocycles. The molecule has 58 valence electrons. The average Bonchev–Trinajstić information content (AvgIpc) is 2.32. The van der Waals surface area contributed by atoms with E-state index in [1.807, 2.05) is 13.0 Å². The highest BCUT2D eigenvalue weighted by Crippen LogP contribution is 2.10. The molecule has 0 aliphatic carbocycles. The zero-order chi connectivity index (χ0) is 8.27. The summed E-state index contributed by atoms with van der Waals surface area (Å²) in [5.41, 5.74) is 0.435. The Bertz CT molecular complexity index is 283. The van der Waals surface area contributed by atoms with E-state index < -0.39 is 0 Å². The Hall–Kier alpha value is -1.30.